The highest BCUT2D eigenvalue weighted by atomic mass is 14.7. The Bertz CT molecular complexity index is 757. The fourth-order valence-corrected chi connectivity index (χ4v) is 2.42. The molecule has 1 heterocycles. The van der Waals surface area contributed by atoms with Gasteiger partial charge in [0, 0.05) is 11.0 Å². The molecule has 0 aliphatic carbocycles. The van der Waals surface area contributed by atoms with Gasteiger partial charge in [0.05, 0.1) is 11.2 Å². The molecule has 0 unspecified atom stereocenters. The molecular formula is C21H25N. The maximum Gasteiger partial charge on any atom is 0.0712 e. The van der Waals surface area contributed by atoms with Crippen LogP contribution in [0.1, 0.15) is 51.8 Å². The third-order valence-corrected chi connectivity index (χ3v) is 3.52. The van der Waals surface area contributed by atoms with Crippen LogP contribution in [0.25, 0.3) is 16.5 Å². The summed E-state index contributed by atoms with van der Waals surface area (Å²) in [6.07, 6.45) is 4.25. The fraction of sp³-hybridized carbons (Fsp3) is 0.286. The van der Waals surface area contributed by atoms with E-state index in [1.807, 2.05) is 6.92 Å². The third kappa shape index (κ3) is 3.94. The highest BCUT2D eigenvalue weighted by Crippen LogP contribution is 2.24. The first-order valence-electron chi connectivity index (χ1n) is 7.80. The quantitative estimate of drug-likeness (QED) is 0.604. The second-order valence-electron chi connectivity index (χ2n) is 6.47. The number of nitrogens with zero attached hydrogens (tertiary/aromatic N) is 1. The minimum atomic E-state index is 0.512. The topological polar surface area (TPSA) is 12.9 Å². The first kappa shape index (κ1) is 16.2. The molecule has 0 saturated carbocycles. The second kappa shape index (κ2) is 6.74. The van der Waals surface area contributed by atoms with Gasteiger partial charge in [-0.3, -0.25) is 0 Å². The summed E-state index contributed by atoms with van der Waals surface area (Å²) in [6.45, 7) is 14.6. The molecule has 0 spiro atoms. The van der Waals surface area contributed by atoms with Crippen molar-refractivity contribution < 1.29 is 0 Å². The first-order valence-corrected chi connectivity index (χ1v) is 7.80. The maximum atomic E-state index is 4.87. The zero-order valence-electron chi connectivity index (χ0n) is 14.3. The average molecular weight is 291 g/mol. The summed E-state index contributed by atoms with van der Waals surface area (Å²) in [5, 5.41) is 1.18. The van der Waals surface area contributed by atoms with Crippen LogP contribution in [0.3, 0.4) is 0 Å². The number of benzene rings is 1. The van der Waals surface area contributed by atoms with Crippen molar-refractivity contribution in [1.29, 1.82) is 0 Å². The van der Waals surface area contributed by atoms with Gasteiger partial charge in [-0.15, -0.1) is 0 Å². The molecule has 114 valence electrons. The molecule has 0 saturated heterocycles. The predicted octanol–water partition coefficient (Wildman–Crippen LogP) is 6.28. The van der Waals surface area contributed by atoms with Crippen LogP contribution in [-0.2, 0) is 0 Å². The van der Waals surface area contributed by atoms with Crippen molar-refractivity contribution >= 4 is 16.5 Å². The lowest BCUT2D eigenvalue weighted by atomic mass is 10.0. The Morgan fingerprint density at radius 1 is 1.05 bits per heavy atom. The van der Waals surface area contributed by atoms with Crippen molar-refractivity contribution in [3.05, 3.63) is 71.5 Å². The summed E-state index contributed by atoms with van der Waals surface area (Å²) in [7, 11) is 0. The number of rotatable bonds is 4. The van der Waals surface area contributed by atoms with E-state index in [0.29, 0.717) is 5.92 Å². The zero-order chi connectivity index (χ0) is 16.3. The predicted molar refractivity (Wildman–Crippen MR) is 98.1 cm³/mol. The van der Waals surface area contributed by atoms with Gasteiger partial charge in [0.1, 0.15) is 0 Å². The Labute approximate surface area is 134 Å². The van der Waals surface area contributed by atoms with Gasteiger partial charge in [0.15, 0.2) is 0 Å². The Morgan fingerprint density at radius 3 is 2.32 bits per heavy atom. The third-order valence-electron chi connectivity index (χ3n) is 3.52. The highest BCUT2D eigenvalue weighted by molar-refractivity contribution is 5.83. The molecule has 0 N–H and O–H groups in total. The minimum absolute atomic E-state index is 0.512. The van der Waals surface area contributed by atoms with E-state index in [9.17, 15) is 0 Å². The molecule has 0 aliphatic heterocycles. The molecule has 1 nitrogen and oxygen atoms in total. The van der Waals surface area contributed by atoms with Crippen molar-refractivity contribution in [2.45, 2.75) is 40.5 Å². The number of aromatic nitrogens is 1. The molecule has 0 aliphatic rings. The van der Waals surface area contributed by atoms with Crippen LogP contribution in [0, 0.1) is 0 Å². The van der Waals surface area contributed by atoms with Crippen LogP contribution in [0.5, 0.6) is 0 Å². The molecular weight excluding hydrogens is 266 g/mol. The van der Waals surface area contributed by atoms with Crippen LogP contribution in [0.4, 0.5) is 0 Å². The minimum Gasteiger partial charge on any atom is -0.248 e. The molecule has 0 bridgehead atoms. The van der Waals surface area contributed by atoms with E-state index in [1.165, 1.54) is 16.5 Å². The molecule has 2 rings (SSSR count). The summed E-state index contributed by atoms with van der Waals surface area (Å²) in [4.78, 5) is 4.87. The Hall–Kier alpha value is -2.15. The van der Waals surface area contributed by atoms with E-state index in [-0.39, 0.29) is 0 Å². The number of pyridine rings is 1. The standard InChI is InChI=1S/C21H25N/c1-14(2)11-19(12-15(3)4)20-10-9-17-7-8-18(16(5)6)13-21(17)22-20/h7-13,16H,1H2,2-6H3/b19-11+. The van der Waals surface area contributed by atoms with Gasteiger partial charge in [-0.05, 0) is 44.4 Å². The molecule has 0 radical (unpaired) electrons. The lowest BCUT2D eigenvalue weighted by molar-refractivity contribution is 0.868. The highest BCUT2D eigenvalue weighted by Gasteiger charge is 2.05. The summed E-state index contributed by atoms with van der Waals surface area (Å²) in [5.41, 5.74) is 6.78. The van der Waals surface area contributed by atoms with Gasteiger partial charge in [-0.1, -0.05) is 61.9 Å². The zero-order valence-corrected chi connectivity index (χ0v) is 14.3. The van der Waals surface area contributed by atoms with Crippen molar-refractivity contribution in [2.24, 2.45) is 0 Å². The molecule has 0 atom stereocenters. The monoisotopic (exact) mass is 291 g/mol. The fourth-order valence-electron chi connectivity index (χ4n) is 2.42. The van der Waals surface area contributed by atoms with E-state index in [0.717, 1.165) is 22.4 Å². The van der Waals surface area contributed by atoms with Crippen molar-refractivity contribution in [1.82, 2.24) is 4.98 Å². The molecule has 22 heavy (non-hydrogen) atoms. The average Bonchev–Trinajstić information content (AvgIpc) is 2.44. The summed E-state index contributed by atoms with van der Waals surface area (Å²) < 4.78 is 0. The number of allylic oxidation sites excluding steroid dienone is 5. The number of hydrogen-bond acceptors (Lipinski definition) is 1. The summed E-state index contributed by atoms with van der Waals surface area (Å²) in [6, 6.07) is 10.8. The lowest BCUT2D eigenvalue weighted by Crippen LogP contribution is -1.92. The molecule has 0 amide bonds. The van der Waals surface area contributed by atoms with Gasteiger partial charge in [-0.25, -0.2) is 4.98 Å². The molecule has 1 aromatic heterocycles. The van der Waals surface area contributed by atoms with Gasteiger partial charge in [0.25, 0.3) is 0 Å². The van der Waals surface area contributed by atoms with Gasteiger partial charge in [0.2, 0.25) is 0 Å². The van der Waals surface area contributed by atoms with Gasteiger partial charge in [-0.2, -0.15) is 0 Å². The van der Waals surface area contributed by atoms with Crippen LogP contribution in [0.15, 0.2) is 60.2 Å². The van der Waals surface area contributed by atoms with E-state index in [1.54, 1.807) is 0 Å². The Kier molecular flexibility index (Phi) is 4.97. The van der Waals surface area contributed by atoms with E-state index < -0.39 is 0 Å². The van der Waals surface area contributed by atoms with E-state index in [2.05, 4.69) is 76.8 Å². The van der Waals surface area contributed by atoms with Crippen LogP contribution in [-0.4, -0.2) is 4.98 Å². The smallest absolute Gasteiger partial charge is 0.0712 e. The maximum absolute atomic E-state index is 4.87. The lowest BCUT2D eigenvalue weighted by Gasteiger charge is -2.09. The van der Waals surface area contributed by atoms with Crippen molar-refractivity contribution in [2.75, 3.05) is 0 Å². The summed E-state index contributed by atoms with van der Waals surface area (Å²) in [5.74, 6) is 0.512. The largest absolute Gasteiger partial charge is 0.248 e. The van der Waals surface area contributed by atoms with Crippen LogP contribution >= 0.6 is 0 Å². The molecule has 1 aromatic carbocycles. The molecule has 2 aromatic rings. The second-order valence-corrected chi connectivity index (χ2v) is 6.47. The number of fused-ring (bicyclic) bond motifs is 1. The normalized spacial score (nSPS) is 11.8. The molecule has 1 heteroatoms. The first-order chi connectivity index (χ1) is 10.4. The van der Waals surface area contributed by atoms with Crippen LogP contribution in [0.2, 0.25) is 0 Å². The van der Waals surface area contributed by atoms with Gasteiger partial charge >= 0.3 is 0 Å². The molecule has 0 fully saturated rings. The SMILES string of the molecule is C=C(C)/C=C(\C=C(C)C)c1ccc2ccc(C(C)C)cc2n1. The Balaban J connectivity index is 2.58. The van der Waals surface area contributed by atoms with Crippen molar-refractivity contribution in [3.63, 3.8) is 0 Å². The van der Waals surface area contributed by atoms with E-state index in [4.69, 9.17) is 4.98 Å². The number of hydrogen-bond donors (Lipinski definition) is 0. The van der Waals surface area contributed by atoms with Crippen molar-refractivity contribution in [3.8, 4) is 0 Å². The Morgan fingerprint density at radius 2 is 1.73 bits per heavy atom. The van der Waals surface area contributed by atoms with Gasteiger partial charge < -0.3 is 0 Å². The van der Waals surface area contributed by atoms with Crippen LogP contribution < -0.4 is 0 Å². The van der Waals surface area contributed by atoms with E-state index >= 15 is 0 Å². The summed E-state index contributed by atoms with van der Waals surface area (Å²) >= 11 is 0.